The van der Waals surface area contributed by atoms with E-state index in [-0.39, 0.29) is 6.61 Å². The summed E-state index contributed by atoms with van der Waals surface area (Å²) in [5, 5.41) is 25.3. The molecule has 0 aliphatic carbocycles. The third-order valence-electron chi connectivity index (χ3n) is 2.24. The average molecular weight is 213 g/mol. The largest absolute Gasteiger partial charge is 0.480 e. The molecule has 0 amide bonds. The number of aromatic nitrogens is 3. The van der Waals surface area contributed by atoms with E-state index in [2.05, 4.69) is 10.2 Å². The van der Waals surface area contributed by atoms with E-state index in [0.717, 1.165) is 0 Å². The molecule has 0 aliphatic rings. The van der Waals surface area contributed by atoms with Gasteiger partial charge in [0.05, 0.1) is 0 Å². The van der Waals surface area contributed by atoms with Gasteiger partial charge in [-0.2, -0.15) is 0 Å². The summed E-state index contributed by atoms with van der Waals surface area (Å²) in [7, 11) is 0. The predicted octanol–water partition coefficient (Wildman–Crippen LogP) is 0.157. The van der Waals surface area contributed by atoms with Crippen molar-refractivity contribution in [1.82, 2.24) is 14.8 Å². The van der Waals surface area contributed by atoms with Gasteiger partial charge in [0.15, 0.2) is 0 Å². The van der Waals surface area contributed by atoms with Crippen molar-refractivity contribution in [1.29, 1.82) is 0 Å². The summed E-state index contributed by atoms with van der Waals surface area (Å²) in [5.74, 6) is 0.275. The quantitative estimate of drug-likeness (QED) is 0.727. The Bertz CT molecular complexity index is 348. The Morgan fingerprint density at radius 2 is 2.20 bits per heavy atom. The second-order valence-electron chi connectivity index (χ2n) is 3.37. The van der Waals surface area contributed by atoms with Gasteiger partial charge in [0.2, 0.25) is 0 Å². The SMILES string of the molecule is Cc1nnc(CCCO)n1C(C)C(=O)O. The molecule has 0 saturated heterocycles. The average Bonchev–Trinajstić information content (AvgIpc) is 2.55. The van der Waals surface area contributed by atoms with Crippen molar-refractivity contribution < 1.29 is 15.0 Å². The third kappa shape index (κ3) is 2.53. The van der Waals surface area contributed by atoms with Crippen LogP contribution in [0.4, 0.5) is 0 Å². The summed E-state index contributed by atoms with van der Waals surface area (Å²) in [5.41, 5.74) is 0. The Kier molecular flexibility index (Phi) is 3.79. The summed E-state index contributed by atoms with van der Waals surface area (Å²) < 4.78 is 1.58. The highest BCUT2D eigenvalue weighted by Crippen LogP contribution is 2.13. The van der Waals surface area contributed by atoms with Crippen LogP contribution in [0.2, 0.25) is 0 Å². The minimum atomic E-state index is -0.914. The van der Waals surface area contributed by atoms with Crippen LogP contribution in [0.3, 0.4) is 0 Å². The molecule has 1 aromatic rings. The molecule has 0 aromatic carbocycles. The fraction of sp³-hybridized carbons (Fsp3) is 0.667. The molecule has 1 heterocycles. The van der Waals surface area contributed by atoms with E-state index in [9.17, 15) is 4.79 Å². The summed E-state index contributed by atoms with van der Waals surface area (Å²) >= 11 is 0. The van der Waals surface area contributed by atoms with Crippen molar-refractivity contribution in [2.75, 3.05) is 6.61 Å². The molecule has 15 heavy (non-hydrogen) atoms. The second-order valence-corrected chi connectivity index (χ2v) is 3.37. The fourth-order valence-corrected chi connectivity index (χ4v) is 1.44. The van der Waals surface area contributed by atoms with Gasteiger partial charge in [0.1, 0.15) is 17.7 Å². The number of nitrogens with zero attached hydrogens (tertiary/aromatic N) is 3. The number of carbonyl (C=O) groups is 1. The van der Waals surface area contributed by atoms with E-state index in [0.29, 0.717) is 24.5 Å². The molecule has 84 valence electrons. The maximum atomic E-state index is 10.9. The zero-order chi connectivity index (χ0) is 11.4. The van der Waals surface area contributed by atoms with Gasteiger partial charge >= 0.3 is 5.97 Å². The van der Waals surface area contributed by atoms with E-state index >= 15 is 0 Å². The maximum absolute atomic E-state index is 10.9. The van der Waals surface area contributed by atoms with Crippen LogP contribution in [0.1, 0.15) is 31.0 Å². The first-order chi connectivity index (χ1) is 7.07. The van der Waals surface area contributed by atoms with E-state index < -0.39 is 12.0 Å². The van der Waals surface area contributed by atoms with Crippen LogP contribution in [-0.4, -0.2) is 37.6 Å². The Balaban J connectivity index is 2.93. The van der Waals surface area contributed by atoms with Crippen LogP contribution in [0.25, 0.3) is 0 Å². The molecule has 0 fully saturated rings. The highest BCUT2D eigenvalue weighted by Gasteiger charge is 2.19. The van der Waals surface area contributed by atoms with E-state index in [1.54, 1.807) is 18.4 Å². The molecule has 6 heteroatoms. The Hall–Kier alpha value is -1.43. The number of carboxylic acids is 1. The van der Waals surface area contributed by atoms with Crippen LogP contribution in [0, 0.1) is 6.92 Å². The minimum absolute atomic E-state index is 0.0629. The second kappa shape index (κ2) is 4.88. The van der Waals surface area contributed by atoms with E-state index in [1.165, 1.54) is 0 Å². The van der Waals surface area contributed by atoms with Crippen LogP contribution >= 0.6 is 0 Å². The zero-order valence-corrected chi connectivity index (χ0v) is 8.84. The third-order valence-corrected chi connectivity index (χ3v) is 2.24. The van der Waals surface area contributed by atoms with Gasteiger partial charge in [-0.15, -0.1) is 10.2 Å². The van der Waals surface area contributed by atoms with E-state index in [1.807, 2.05) is 0 Å². The zero-order valence-electron chi connectivity index (χ0n) is 8.84. The molecule has 6 nitrogen and oxygen atoms in total. The molecule has 0 spiro atoms. The van der Waals surface area contributed by atoms with Crippen molar-refractivity contribution in [3.63, 3.8) is 0 Å². The molecule has 1 rings (SSSR count). The Morgan fingerprint density at radius 3 is 2.73 bits per heavy atom. The smallest absolute Gasteiger partial charge is 0.326 e. The van der Waals surface area contributed by atoms with Crippen molar-refractivity contribution in [2.45, 2.75) is 32.7 Å². The van der Waals surface area contributed by atoms with Crippen LogP contribution in [-0.2, 0) is 11.2 Å². The Labute approximate surface area is 87.6 Å². The lowest BCUT2D eigenvalue weighted by Gasteiger charge is -2.12. The number of aliphatic carboxylic acids is 1. The van der Waals surface area contributed by atoms with Crippen molar-refractivity contribution in [3.8, 4) is 0 Å². The molecule has 1 unspecified atom stereocenters. The predicted molar refractivity (Wildman–Crippen MR) is 52.5 cm³/mol. The number of carboxylic acid groups (broad SMARTS) is 1. The molecular formula is C9H15N3O3. The number of hydrogen-bond donors (Lipinski definition) is 2. The number of hydrogen-bond acceptors (Lipinski definition) is 4. The first kappa shape index (κ1) is 11.6. The lowest BCUT2D eigenvalue weighted by molar-refractivity contribution is -0.140. The van der Waals surface area contributed by atoms with Gasteiger partial charge in [0.25, 0.3) is 0 Å². The topological polar surface area (TPSA) is 88.2 Å². The summed E-state index contributed by atoms with van der Waals surface area (Å²) in [6.07, 6.45) is 1.10. The molecule has 2 N–H and O–H groups in total. The molecule has 0 saturated carbocycles. The van der Waals surface area contributed by atoms with Crippen LogP contribution in [0.15, 0.2) is 0 Å². The standard InChI is InChI=1S/C9H15N3O3/c1-6(9(14)15)12-7(2)10-11-8(12)4-3-5-13/h6,13H,3-5H2,1-2H3,(H,14,15). The van der Waals surface area contributed by atoms with Gasteiger partial charge in [-0.1, -0.05) is 0 Å². The van der Waals surface area contributed by atoms with Gasteiger partial charge in [-0.25, -0.2) is 4.79 Å². The number of aliphatic hydroxyl groups is 1. The first-order valence-electron chi connectivity index (χ1n) is 4.82. The lowest BCUT2D eigenvalue weighted by Crippen LogP contribution is -2.19. The van der Waals surface area contributed by atoms with Crippen LogP contribution < -0.4 is 0 Å². The molecule has 0 bridgehead atoms. The minimum Gasteiger partial charge on any atom is -0.480 e. The van der Waals surface area contributed by atoms with Gasteiger partial charge in [0, 0.05) is 13.0 Å². The number of aliphatic hydroxyl groups excluding tert-OH is 1. The summed E-state index contributed by atoms with van der Waals surface area (Å²) in [6.45, 7) is 3.36. The fourth-order valence-electron chi connectivity index (χ4n) is 1.44. The van der Waals surface area contributed by atoms with Crippen molar-refractivity contribution in [3.05, 3.63) is 11.6 Å². The molecule has 1 aromatic heterocycles. The number of rotatable bonds is 5. The van der Waals surface area contributed by atoms with Crippen molar-refractivity contribution in [2.24, 2.45) is 0 Å². The Morgan fingerprint density at radius 1 is 1.53 bits per heavy atom. The molecule has 1 atom stereocenters. The van der Waals surface area contributed by atoms with Crippen LogP contribution in [0.5, 0.6) is 0 Å². The van der Waals surface area contributed by atoms with Gasteiger partial charge < -0.3 is 14.8 Å². The highest BCUT2D eigenvalue weighted by atomic mass is 16.4. The van der Waals surface area contributed by atoms with Gasteiger partial charge in [-0.05, 0) is 20.3 Å². The normalized spacial score (nSPS) is 12.7. The lowest BCUT2D eigenvalue weighted by atomic mass is 10.2. The van der Waals surface area contributed by atoms with Gasteiger partial charge in [-0.3, -0.25) is 0 Å². The number of aryl methyl sites for hydroxylation is 2. The molecule has 0 radical (unpaired) electrons. The van der Waals surface area contributed by atoms with E-state index in [4.69, 9.17) is 10.2 Å². The first-order valence-corrected chi connectivity index (χ1v) is 4.82. The molecule has 0 aliphatic heterocycles. The summed E-state index contributed by atoms with van der Waals surface area (Å²) in [6, 6.07) is -0.673. The molecular weight excluding hydrogens is 198 g/mol. The maximum Gasteiger partial charge on any atom is 0.326 e. The summed E-state index contributed by atoms with van der Waals surface area (Å²) in [4.78, 5) is 10.9. The monoisotopic (exact) mass is 213 g/mol. The van der Waals surface area contributed by atoms with Crippen molar-refractivity contribution >= 4 is 5.97 Å². The highest BCUT2D eigenvalue weighted by molar-refractivity contribution is 5.71.